The first-order valence-corrected chi connectivity index (χ1v) is 8.30. The minimum Gasteiger partial charge on any atom is -0.384 e. The summed E-state index contributed by atoms with van der Waals surface area (Å²) in [7, 11) is 3.27. The molecule has 0 saturated carbocycles. The summed E-state index contributed by atoms with van der Waals surface area (Å²) in [6, 6.07) is 6.84. The van der Waals surface area contributed by atoms with Crippen LogP contribution < -0.4 is 10.2 Å². The van der Waals surface area contributed by atoms with E-state index in [1.807, 2.05) is 6.07 Å². The molecule has 0 spiro atoms. The first kappa shape index (κ1) is 17.9. The van der Waals surface area contributed by atoms with E-state index >= 15 is 0 Å². The van der Waals surface area contributed by atoms with Crippen molar-refractivity contribution in [3.63, 3.8) is 0 Å². The van der Waals surface area contributed by atoms with E-state index in [9.17, 15) is 9.59 Å². The fourth-order valence-electron chi connectivity index (χ4n) is 2.67. The van der Waals surface area contributed by atoms with Crippen LogP contribution >= 0.6 is 0 Å². The summed E-state index contributed by atoms with van der Waals surface area (Å²) in [5.74, 6) is 0.717. The second kappa shape index (κ2) is 7.96. The lowest BCUT2D eigenvalue weighted by Gasteiger charge is -2.18. The Bertz CT molecular complexity index is 791. The zero-order chi connectivity index (χ0) is 18.5. The monoisotopic (exact) mass is 359 g/mol. The van der Waals surface area contributed by atoms with Crippen molar-refractivity contribution >= 4 is 17.6 Å². The maximum absolute atomic E-state index is 12.7. The number of benzene rings is 1. The first-order chi connectivity index (χ1) is 12.6. The second-order valence-corrected chi connectivity index (χ2v) is 5.94. The highest BCUT2D eigenvalue weighted by Gasteiger charge is 2.22. The third-order valence-corrected chi connectivity index (χ3v) is 4.02. The molecule has 3 amide bonds. The van der Waals surface area contributed by atoms with E-state index in [1.54, 1.807) is 37.3 Å². The fraction of sp³-hybridized carbons (Fsp3) is 0.412. The highest BCUT2D eigenvalue weighted by atomic mass is 16.5. The number of carbonyl (C=O) groups is 2. The molecule has 1 aliphatic rings. The van der Waals surface area contributed by atoms with E-state index in [2.05, 4.69) is 15.5 Å². The molecule has 1 aromatic heterocycles. The van der Waals surface area contributed by atoms with Gasteiger partial charge < -0.3 is 19.5 Å². The van der Waals surface area contributed by atoms with Crippen LogP contribution in [0.4, 0.5) is 10.5 Å². The third-order valence-electron chi connectivity index (χ3n) is 4.02. The molecule has 1 fully saturated rings. The Morgan fingerprint density at radius 3 is 3.04 bits per heavy atom. The zero-order valence-corrected chi connectivity index (χ0v) is 14.8. The van der Waals surface area contributed by atoms with Gasteiger partial charge in [-0.1, -0.05) is 11.2 Å². The lowest BCUT2D eigenvalue weighted by atomic mass is 10.1. The zero-order valence-electron chi connectivity index (χ0n) is 14.8. The van der Waals surface area contributed by atoms with Gasteiger partial charge in [-0.3, -0.25) is 9.69 Å². The fourth-order valence-corrected chi connectivity index (χ4v) is 2.67. The highest BCUT2D eigenvalue weighted by Crippen LogP contribution is 2.19. The smallest absolute Gasteiger partial charge is 0.321 e. The summed E-state index contributed by atoms with van der Waals surface area (Å²) < 4.78 is 10.1. The van der Waals surface area contributed by atoms with E-state index in [-0.39, 0.29) is 18.5 Å². The van der Waals surface area contributed by atoms with E-state index in [4.69, 9.17) is 9.26 Å². The Morgan fingerprint density at radius 2 is 2.31 bits per heavy atom. The predicted molar refractivity (Wildman–Crippen MR) is 92.9 cm³/mol. The van der Waals surface area contributed by atoms with Crippen LogP contribution in [0.2, 0.25) is 0 Å². The second-order valence-electron chi connectivity index (χ2n) is 5.94. The van der Waals surface area contributed by atoms with E-state index in [1.165, 1.54) is 4.90 Å². The number of carbonyl (C=O) groups excluding carboxylic acids is 2. The van der Waals surface area contributed by atoms with Gasteiger partial charge in [0.25, 0.3) is 5.91 Å². The largest absolute Gasteiger partial charge is 0.384 e. The normalized spacial score (nSPS) is 13.8. The lowest BCUT2D eigenvalue weighted by Crippen LogP contribution is -2.29. The van der Waals surface area contributed by atoms with E-state index in [0.29, 0.717) is 49.1 Å². The van der Waals surface area contributed by atoms with Gasteiger partial charge in [-0.25, -0.2) is 4.79 Å². The molecule has 138 valence electrons. The van der Waals surface area contributed by atoms with Gasteiger partial charge >= 0.3 is 6.03 Å². The standard InChI is InChI=1S/C17H21N5O4/c1-21(11-15-19-14(20-26-15)6-9-25-2)16(23)12-4-3-5-13(10-12)22-8-7-18-17(22)24/h3-5,10H,6-9,11H2,1-2H3,(H,18,24). The van der Waals surface area contributed by atoms with E-state index in [0.717, 1.165) is 0 Å². The van der Waals surface area contributed by atoms with Crippen LogP contribution in [-0.2, 0) is 17.7 Å². The van der Waals surface area contributed by atoms with Crippen molar-refractivity contribution in [3.05, 3.63) is 41.5 Å². The summed E-state index contributed by atoms with van der Waals surface area (Å²) in [5.41, 5.74) is 1.18. The molecule has 9 nitrogen and oxygen atoms in total. The Kier molecular flexibility index (Phi) is 5.47. The Hall–Kier alpha value is -2.94. The van der Waals surface area contributed by atoms with Crippen LogP contribution in [0.5, 0.6) is 0 Å². The Labute approximate surface area is 150 Å². The number of methoxy groups -OCH3 is 1. The third kappa shape index (κ3) is 3.99. The van der Waals surface area contributed by atoms with Crippen molar-refractivity contribution in [3.8, 4) is 0 Å². The minimum absolute atomic E-state index is 0.155. The van der Waals surface area contributed by atoms with Crippen molar-refractivity contribution in [2.24, 2.45) is 0 Å². The first-order valence-electron chi connectivity index (χ1n) is 8.30. The molecule has 0 aliphatic carbocycles. The highest BCUT2D eigenvalue weighted by molar-refractivity contribution is 5.98. The van der Waals surface area contributed by atoms with Gasteiger partial charge in [-0.15, -0.1) is 0 Å². The number of amides is 3. The van der Waals surface area contributed by atoms with Gasteiger partial charge in [0.05, 0.1) is 13.2 Å². The van der Waals surface area contributed by atoms with E-state index < -0.39 is 0 Å². The van der Waals surface area contributed by atoms with Gasteiger partial charge in [0.2, 0.25) is 5.89 Å². The number of anilines is 1. The number of aromatic nitrogens is 2. The molecule has 0 radical (unpaired) electrons. The van der Waals surface area contributed by atoms with Gasteiger partial charge in [0, 0.05) is 44.9 Å². The summed E-state index contributed by atoms with van der Waals surface area (Å²) in [6.07, 6.45) is 0.553. The maximum atomic E-state index is 12.7. The van der Waals surface area contributed by atoms with Crippen molar-refractivity contribution in [2.75, 3.05) is 38.8 Å². The number of nitrogens with one attached hydrogen (secondary N) is 1. The molecule has 1 aromatic carbocycles. The van der Waals surface area contributed by atoms with Crippen LogP contribution in [0.3, 0.4) is 0 Å². The Balaban J connectivity index is 1.66. The number of nitrogens with zero attached hydrogens (tertiary/aromatic N) is 4. The Morgan fingerprint density at radius 1 is 1.46 bits per heavy atom. The molecule has 1 saturated heterocycles. The van der Waals surface area contributed by atoms with Crippen molar-refractivity contribution in [1.82, 2.24) is 20.4 Å². The predicted octanol–water partition coefficient (Wildman–Crippen LogP) is 1.06. The topological polar surface area (TPSA) is 101 Å². The molecule has 2 aromatic rings. The molecule has 26 heavy (non-hydrogen) atoms. The molecule has 0 bridgehead atoms. The van der Waals surface area contributed by atoms with Gasteiger partial charge in [-0.05, 0) is 18.2 Å². The van der Waals surface area contributed by atoms with Gasteiger partial charge in [-0.2, -0.15) is 4.98 Å². The average Bonchev–Trinajstić information content (AvgIpc) is 3.28. The summed E-state index contributed by atoms with van der Waals surface area (Å²) >= 11 is 0. The molecule has 0 atom stereocenters. The summed E-state index contributed by atoms with van der Waals surface area (Å²) in [4.78, 5) is 31.8. The number of rotatable bonds is 7. The average molecular weight is 359 g/mol. The van der Waals surface area contributed by atoms with Crippen LogP contribution in [-0.4, -0.2) is 60.8 Å². The quantitative estimate of drug-likeness (QED) is 0.793. The number of hydrogen-bond acceptors (Lipinski definition) is 6. The molecule has 2 heterocycles. The summed E-state index contributed by atoms with van der Waals surface area (Å²) in [6.45, 7) is 1.88. The minimum atomic E-state index is -0.192. The van der Waals surface area contributed by atoms with Crippen LogP contribution in [0.1, 0.15) is 22.1 Å². The SMILES string of the molecule is COCCc1noc(CN(C)C(=O)c2cccc(N3CCNC3=O)c2)n1. The number of hydrogen-bond donors (Lipinski definition) is 1. The molecule has 3 rings (SSSR count). The van der Waals surface area contributed by atoms with Crippen LogP contribution in [0, 0.1) is 0 Å². The molecule has 0 unspecified atom stereocenters. The van der Waals surface area contributed by atoms with Crippen molar-refractivity contribution in [2.45, 2.75) is 13.0 Å². The molecular formula is C17H21N5O4. The van der Waals surface area contributed by atoms with Crippen LogP contribution in [0.25, 0.3) is 0 Å². The molecular weight excluding hydrogens is 338 g/mol. The van der Waals surface area contributed by atoms with Crippen molar-refractivity contribution < 1.29 is 18.8 Å². The maximum Gasteiger partial charge on any atom is 0.321 e. The number of urea groups is 1. The molecule has 1 aliphatic heterocycles. The lowest BCUT2D eigenvalue weighted by molar-refractivity contribution is 0.0769. The molecule has 1 N–H and O–H groups in total. The van der Waals surface area contributed by atoms with Gasteiger partial charge in [0.15, 0.2) is 5.82 Å². The molecule has 9 heteroatoms. The van der Waals surface area contributed by atoms with Gasteiger partial charge in [0.1, 0.15) is 0 Å². The number of ether oxygens (including phenoxy) is 1. The van der Waals surface area contributed by atoms with Crippen LogP contribution in [0.15, 0.2) is 28.8 Å². The summed E-state index contributed by atoms with van der Waals surface area (Å²) in [5, 5.41) is 6.60. The van der Waals surface area contributed by atoms with Crippen molar-refractivity contribution in [1.29, 1.82) is 0 Å².